The fourth-order valence-electron chi connectivity index (χ4n) is 2.60. The van der Waals surface area contributed by atoms with Crippen molar-refractivity contribution in [3.8, 4) is 11.1 Å². The monoisotopic (exact) mass is 303 g/mol. The van der Waals surface area contributed by atoms with E-state index in [0.717, 1.165) is 25.7 Å². The Bertz CT molecular complexity index is 629. The zero-order valence-corrected chi connectivity index (χ0v) is 14.4. The summed E-state index contributed by atoms with van der Waals surface area (Å²) in [7, 11) is 0. The van der Waals surface area contributed by atoms with Crippen molar-refractivity contribution in [1.82, 2.24) is 0 Å². The average Bonchev–Trinajstić information content (AvgIpc) is 2.60. The fraction of sp³-hybridized carbons (Fsp3) is 0.304. The molecule has 0 unspecified atom stereocenters. The van der Waals surface area contributed by atoms with Gasteiger partial charge in [-0.25, -0.2) is 0 Å². The molecule has 1 radical (unpaired) electrons. The first-order valence-corrected chi connectivity index (χ1v) is 8.74. The van der Waals surface area contributed by atoms with Gasteiger partial charge < -0.3 is 0 Å². The number of rotatable bonds is 8. The molecule has 0 atom stereocenters. The smallest absolute Gasteiger partial charge is 0.00851 e. The molecule has 119 valence electrons. The third-order valence-electron chi connectivity index (χ3n) is 3.91. The molecule has 23 heavy (non-hydrogen) atoms. The van der Waals surface area contributed by atoms with Crippen molar-refractivity contribution in [2.24, 2.45) is 0 Å². The van der Waals surface area contributed by atoms with Gasteiger partial charge in [0, 0.05) is 0 Å². The maximum absolute atomic E-state index is 3.41. The van der Waals surface area contributed by atoms with E-state index in [2.05, 4.69) is 80.6 Å². The standard InChI is InChI=1S/C23H27/c1-3-5-7-9-13-21-14-10-11-15-23(21)22-18-16-20(17-19-22)12-8-6-4-2/h6-11,15-19H,3-5,12-13H2,1-2H3. The van der Waals surface area contributed by atoms with Gasteiger partial charge in [0.1, 0.15) is 0 Å². The lowest BCUT2D eigenvalue weighted by molar-refractivity contribution is 0.953. The summed E-state index contributed by atoms with van der Waals surface area (Å²) in [6, 6.07) is 18.6. The zero-order valence-electron chi connectivity index (χ0n) is 14.4. The van der Waals surface area contributed by atoms with Crippen molar-refractivity contribution >= 4 is 0 Å². The number of hydrogen-bond donors (Lipinski definition) is 0. The summed E-state index contributed by atoms with van der Waals surface area (Å²) in [6.45, 7) is 4.38. The van der Waals surface area contributed by atoms with Crippen LogP contribution in [-0.4, -0.2) is 0 Å². The molecular formula is C23H27. The third kappa shape index (κ3) is 5.56. The lowest BCUT2D eigenvalue weighted by atomic mass is 9.96. The second-order valence-corrected chi connectivity index (χ2v) is 5.81. The van der Waals surface area contributed by atoms with Crippen LogP contribution in [0.5, 0.6) is 0 Å². The van der Waals surface area contributed by atoms with Crippen molar-refractivity contribution in [2.45, 2.75) is 46.0 Å². The van der Waals surface area contributed by atoms with E-state index >= 15 is 0 Å². The highest BCUT2D eigenvalue weighted by molar-refractivity contribution is 5.67. The minimum Gasteiger partial charge on any atom is -0.0885 e. The average molecular weight is 303 g/mol. The maximum atomic E-state index is 3.41. The molecule has 0 amide bonds. The van der Waals surface area contributed by atoms with Crippen LogP contribution in [0.3, 0.4) is 0 Å². The van der Waals surface area contributed by atoms with Gasteiger partial charge in [0.15, 0.2) is 0 Å². The van der Waals surface area contributed by atoms with Gasteiger partial charge in [0.05, 0.1) is 0 Å². The van der Waals surface area contributed by atoms with Gasteiger partial charge in [0.25, 0.3) is 0 Å². The minimum atomic E-state index is 0.956. The Morgan fingerprint density at radius 1 is 0.870 bits per heavy atom. The number of hydrogen-bond acceptors (Lipinski definition) is 0. The van der Waals surface area contributed by atoms with E-state index in [1.807, 2.05) is 6.07 Å². The number of benzene rings is 2. The Labute approximate surface area is 141 Å². The lowest BCUT2D eigenvalue weighted by Gasteiger charge is -2.08. The number of allylic oxidation sites excluding steroid dienone is 4. The summed E-state index contributed by atoms with van der Waals surface area (Å²) < 4.78 is 0. The van der Waals surface area contributed by atoms with E-state index < -0.39 is 0 Å². The van der Waals surface area contributed by atoms with Gasteiger partial charge in [-0.2, -0.15) is 0 Å². The molecule has 0 aliphatic rings. The van der Waals surface area contributed by atoms with Crippen LogP contribution < -0.4 is 0 Å². The molecule has 0 aliphatic heterocycles. The summed E-state index contributed by atoms with van der Waals surface area (Å²) in [5.41, 5.74) is 5.22. The zero-order chi connectivity index (χ0) is 16.3. The van der Waals surface area contributed by atoms with Crippen molar-refractivity contribution < 1.29 is 0 Å². The Morgan fingerprint density at radius 2 is 1.65 bits per heavy atom. The van der Waals surface area contributed by atoms with Crippen LogP contribution in [0.4, 0.5) is 0 Å². The van der Waals surface area contributed by atoms with Gasteiger partial charge in [-0.05, 0) is 54.0 Å². The van der Waals surface area contributed by atoms with Crippen LogP contribution in [0.2, 0.25) is 0 Å². The van der Waals surface area contributed by atoms with E-state index in [-0.39, 0.29) is 0 Å². The summed E-state index contributed by atoms with van der Waals surface area (Å²) in [5.74, 6) is 0. The Balaban J connectivity index is 2.13. The van der Waals surface area contributed by atoms with Gasteiger partial charge in [-0.1, -0.05) is 87.0 Å². The molecule has 2 rings (SSSR count). The first-order valence-electron chi connectivity index (χ1n) is 8.74. The van der Waals surface area contributed by atoms with E-state index in [9.17, 15) is 0 Å². The molecule has 0 N–H and O–H groups in total. The van der Waals surface area contributed by atoms with Crippen LogP contribution in [0.1, 0.15) is 44.2 Å². The predicted molar refractivity (Wildman–Crippen MR) is 102 cm³/mol. The van der Waals surface area contributed by atoms with E-state index in [1.54, 1.807) is 0 Å². The molecule has 2 aromatic rings. The molecule has 0 fully saturated rings. The number of unbranched alkanes of at least 4 members (excludes halogenated alkanes) is 1. The van der Waals surface area contributed by atoms with Crippen molar-refractivity contribution in [3.63, 3.8) is 0 Å². The topological polar surface area (TPSA) is 0 Å². The molecule has 0 bridgehead atoms. The SMILES string of the molecule is CCC=CCc1ccc(-c2ccc[c]c2CC=CCCC)cc1. The van der Waals surface area contributed by atoms with Crippen LogP contribution >= 0.6 is 0 Å². The molecule has 0 heterocycles. The molecule has 2 aromatic carbocycles. The third-order valence-corrected chi connectivity index (χ3v) is 3.91. The van der Waals surface area contributed by atoms with Crippen LogP contribution in [0.15, 0.2) is 66.8 Å². The molecule has 0 saturated heterocycles. The van der Waals surface area contributed by atoms with Crippen molar-refractivity contribution in [1.29, 1.82) is 0 Å². The molecule has 0 saturated carbocycles. The van der Waals surface area contributed by atoms with E-state index in [4.69, 9.17) is 0 Å². The highest BCUT2D eigenvalue weighted by Crippen LogP contribution is 2.24. The summed E-state index contributed by atoms with van der Waals surface area (Å²) in [5, 5.41) is 0. The molecule has 0 spiro atoms. The summed E-state index contributed by atoms with van der Waals surface area (Å²) >= 11 is 0. The predicted octanol–water partition coefficient (Wildman–Crippen LogP) is 6.56. The highest BCUT2D eigenvalue weighted by atomic mass is 14.1. The van der Waals surface area contributed by atoms with Gasteiger partial charge in [-0.15, -0.1) is 0 Å². The van der Waals surface area contributed by atoms with Gasteiger partial charge >= 0.3 is 0 Å². The van der Waals surface area contributed by atoms with Gasteiger partial charge in [0.2, 0.25) is 0 Å². The fourth-order valence-corrected chi connectivity index (χ4v) is 2.60. The normalized spacial score (nSPS) is 11.6. The van der Waals surface area contributed by atoms with Crippen LogP contribution in [0, 0.1) is 6.07 Å². The molecule has 0 aliphatic carbocycles. The van der Waals surface area contributed by atoms with Crippen molar-refractivity contribution in [2.75, 3.05) is 0 Å². The Morgan fingerprint density at radius 3 is 2.39 bits per heavy atom. The van der Waals surface area contributed by atoms with Gasteiger partial charge in [-0.3, -0.25) is 0 Å². The largest absolute Gasteiger partial charge is 0.0885 e. The molecular weight excluding hydrogens is 276 g/mol. The second kappa shape index (κ2) is 9.84. The first-order chi connectivity index (χ1) is 11.3. The molecule has 0 aromatic heterocycles. The molecule has 0 nitrogen and oxygen atoms in total. The van der Waals surface area contributed by atoms with Crippen molar-refractivity contribution in [3.05, 3.63) is 84.0 Å². The Kier molecular flexibility index (Phi) is 7.39. The van der Waals surface area contributed by atoms with E-state index in [1.165, 1.54) is 28.7 Å². The van der Waals surface area contributed by atoms with Crippen LogP contribution in [0.25, 0.3) is 11.1 Å². The second-order valence-electron chi connectivity index (χ2n) is 5.81. The van der Waals surface area contributed by atoms with Crippen LogP contribution in [-0.2, 0) is 12.8 Å². The lowest BCUT2D eigenvalue weighted by Crippen LogP contribution is -1.89. The molecule has 0 heteroatoms. The summed E-state index contributed by atoms with van der Waals surface area (Å²) in [4.78, 5) is 0. The quantitative estimate of drug-likeness (QED) is 0.484. The summed E-state index contributed by atoms with van der Waals surface area (Å²) in [6.07, 6.45) is 14.4. The van der Waals surface area contributed by atoms with E-state index in [0.29, 0.717) is 0 Å². The minimum absolute atomic E-state index is 0.956. The highest BCUT2D eigenvalue weighted by Gasteiger charge is 2.03. The first kappa shape index (κ1) is 17.3. The maximum Gasteiger partial charge on any atom is -0.00851 e. The Hall–Kier alpha value is -2.08.